The molecule has 1 atom stereocenters. The molecule has 0 radical (unpaired) electrons. The molecule has 0 amide bonds. The van der Waals surface area contributed by atoms with E-state index < -0.39 is 0 Å². The maximum absolute atomic E-state index is 6.05. The van der Waals surface area contributed by atoms with Crippen molar-refractivity contribution in [1.29, 1.82) is 0 Å². The highest BCUT2D eigenvalue weighted by Crippen LogP contribution is 2.32. The van der Waals surface area contributed by atoms with Crippen LogP contribution < -0.4 is 5.73 Å². The Labute approximate surface area is 115 Å². The lowest BCUT2D eigenvalue weighted by molar-refractivity contribution is 0.631. The summed E-state index contributed by atoms with van der Waals surface area (Å²) in [6.45, 7) is 4.13. The van der Waals surface area contributed by atoms with Crippen LogP contribution in [0.3, 0.4) is 0 Å². The topological polar surface area (TPSA) is 69.6 Å². The molecule has 2 N–H and O–H groups in total. The summed E-state index contributed by atoms with van der Waals surface area (Å²) in [5.74, 6) is 0. The molecule has 2 heterocycles. The van der Waals surface area contributed by atoms with Crippen molar-refractivity contribution < 1.29 is 0 Å². The van der Waals surface area contributed by atoms with Gasteiger partial charge in [-0.05, 0) is 43.1 Å². The molecule has 1 unspecified atom stereocenters. The van der Waals surface area contributed by atoms with Crippen LogP contribution in [0.25, 0.3) is 0 Å². The van der Waals surface area contributed by atoms with Gasteiger partial charge in [-0.1, -0.05) is 6.92 Å². The number of hydrogen-bond donors (Lipinski definition) is 1. The first-order chi connectivity index (χ1) is 8.61. The average molecular weight is 283 g/mol. The molecule has 2 aromatic rings. The van der Waals surface area contributed by atoms with Gasteiger partial charge in [0, 0.05) is 18.7 Å². The zero-order chi connectivity index (χ0) is 13.1. The lowest BCUT2D eigenvalue weighted by atomic mass is 10.1. The summed E-state index contributed by atoms with van der Waals surface area (Å²) in [6, 6.07) is 0.182. The van der Waals surface area contributed by atoms with Crippen molar-refractivity contribution in [2.24, 2.45) is 12.8 Å². The monoisotopic (exact) mass is 283 g/mol. The van der Waals surface area contributed by atoms with Gasteiger partial charge in [0.25, 0.3) is 0 Å². The van der Waals surface area contributed by atoms with E-state index in [4.69, 9.17) is 5.73 Å². The van der Waals surface area contributed by atoms with E-state index in [1.165, 1.54) is 17.1 Å². The van der Waals surface area contributed by atoms with E-state index in [-0.39, 0.29) is 6.04 Å². The van der Waals surface area contributed by atoms with E-state index in [9.17, 15) is 0 Å². The van der Waals surface area contributed by atoms with E-state index in [0.29, 0.717) is 0 Å². The van der Waals surface area contributed by atoms with Crippen LogP contribution in [0, 0.1) is 6.92 Å². The van der Waals surface area contributed by atoms with Crippen LogP contribution in [-0.4, -0.2) is 25.2 Å². The normalized spacial score (nSPS) is 12.9. The second-order valence-corrected chi connectivity index (χ2v) is 6.19. The second kappa shape index (κ2) is 5.81. The molecule has 7 heteroatoms. The molecule has 0 aliphatic carbocycles. The van der Waals surface area contributed by atoms with Crippen molar-refractivity contribution in [3.63, 3.8) is 0 Å². The molecule has 0 saturated carbocycles. The molecule has 0 bridgehead atoms. The molecule has 98 valence electrons. The Kier molecular flexibility index (Phi) is 4.36. The Morgan fingerprint density at radius 1 is 1.56 bits per heavy atom. The van der Waals surface area contributed by atoms with Gasteiger partial charge in [-0.3, -0.25) is 4.68 Å². The van der Waals surface area contributed by atoms with Crippen LogP contribution in [-0.2, 0) is 13.5 Å². The van der Waals surface area contributed by atoms with E-state index in [2.05, 4.69) is 21.4 Å². The van der Waals surface area contributed by atoms with Crippen molar-refractivity contribution in [3.8, 4) is 0 Å². The Hall–Kier alpha value is -0.920. The number of nitrogens with zero attached hydrogens (tertiary/aromatic N) is 4. The number of hydrogen-bond acceptors (Lipinski definition) is 6. The van der Waals surface area contributed by atoms with Gasteiger partial charge in [0.1, 0.15) is 11.4 Å². The maximum Gasteiger partial charge on any atom is 0.175 e. The fraction of sp³-hybridized carbons (Fsp3) is 0.545. The van der Waals surface area contributed by atoms with E-state index in [1.54, 1.807) is 18.1 Å². The molecule has 2 aromatic heterocycles. The number of aromatic nitrogens is 4. The van der Waals surface area contributed by atoms with Gasteiger partial charge < -0.3 is 5.73 Å². The largest absolute Gasteiger partial charge is 0.327 e. The van der Waals surface area contributed by atoms with Crippen LogP contribution in [0.15, 0.2) is 15.7 Å². The van der Waals surface area contributed by atoms with Gasteiger partial charge in [-0.25, -0.2) is 4.98 Å². The van der Waals surface area contributed by atoms with Gasteiger partial charge in [-0.2, -0.15) is 9.47 Å². The minimum Gasteiger partial charge on any atom is -0.327 e. The summed E-state index contributed by atoms with van der Waals surface area (Å²) >= 11 is 3.01. The molecule has 0 fully saturated rings. The highest BCUT2D eigenvalue weighted by Gasteiger charge is 2.17. The van der Waals surface area contributed by atoms with Crippen molar-refractivity contribution in [2.45, 2.75) is 42.1 Å². The van der Waals surface area contributed by atoms with Crippen LogP contribution in [0.5, 0.6) is 0 Å². The minimum absolute atomic E-state index is 0.182. The molecule has 0 aromatic carbocycles. The minimum atomic E-state index is 0.182. The van der Waals surface area contributed by atoms with Crippen LogP contribution >= 0.6 is 23.3 Å². The third kappa shape index (κ3) is 2.90. The Morgan fingerprint density at radius 2 is 2.33 bits per heavy atom. The maximum atomic E-state index is 6.05. The summed E-state index contributed by atoms with van der Waals surface area (Å²) in [7, 11) is 1.96. The van der Waals surface area contributed by atoms with Crippen molar-refractivity contribution in [2.75, 3.05) is 0 Å². The molecule has 5 nitrogen and oxygen atoms in total. The van der Waals surface area contributed by atoms with Crippen LogP contribution in [0.4, 0.5) is 0 Å². The first kappa shape index (κ1) is 13.5. The Balaban J connectivity index is 2.27. The van der Waals surface area contributed by atoms with Crippen molar-refractivity contribution in [3.05, 3.63) is 17.6 Å². The molecular formula is C11H17N5S2. The fourth-order valence-corrected chi connectivity index (χ4v) is 3.33. The summed E-state index contributed by atoms with van der Waals surface area (Å²) in [5, 5.41) is 5.59. The predicted molar refractivity (Wildman–Crippen MR) is 73.9 cm³/mol. The van der Waals surface area contributed by atoms with Gasteiger partial charge in [-0.15, -0.1) is 0 Å². The van der Waals surface area contributed by atoms with E-state index in [0.717, 1.165) is 27.9 Å². The first-order valence-corrected chi connectivity index (χ1v) is 7.43. The molecule has 0 spiro atoms. The summed E-state index contributed by atoms with van der Waals surface area (Å²) < 4.78 is 6.85. The lowest BCUT2D eigenvalue weighted by Crippen LogP contribution is -2.21. The number of nitrogens with two attached hydrogens (primary N) is 1. The first-order valence-electron chi connectivity index (χ1n) is 5.84. The van der Waals surface area contributed by atoms with Crippen LogP contribution in [0.2, 0.25) is 0 Å². The Bertz CT molecular complexity index is 506. The zero-order valence-electron chi connectivity index (χ0n) is 10.8. The lowest BCUT2D eigenvalue weighted by Gasteiger charge is -2.09. The molecule has 0 aliphatic heterocycles. The number of rotatable bonds is 5. The molecular weight excluding hydrogens is 266 g/mol. The fourth-order valence-electron chi connectivity index (χ4n) is 1.74. The third-order valence-corrected chi connectivity index (χ3v) is 4.72. The smallest absolute Gasteiger partial charge is 0.175 e. The Morgan fingerprint density at radius 3 is 2.94 bits per heavy atom. The van der Waals surface area contributed by atoms with Crippen molar-refractivity contribution >= 4 is 23.3 Å². The molecule has 18 heavy (non-hydrogen) atoms. The van der Waals surface area contributed by atoms with Gasteiger partial charge >= 0.3 is 0 Å². The highest BCUT2D eigenvalue weighted by molar-refractivity contribution is 8.00. The van der Waals surface area contributed by atoms with E-state index >= 15 is 0 Å². The van der Waals surface area contributed by atoms with Crippen LogP contribution in [0.1, 0.15) is 24.6 Å². The SMILES string of the molecule is CCC(N)Cc1c(C)nn(C)c1Sc1ncns1. The quantitative estimate of drug-likeness (QED) is 0.909. The summed E-state index contributed by atoms with van der Waals surface area (Å²) in [6.07, 6.45) is 3.40. The second-order valence-electron chi connectivity index (χ2n) is 4.17. The molecule has 0 aliphatic rings. The summed E-state index contributed by atoms with van der Waals surface area (Å²) in [4.78, 5) is 4.20. The predicted octanol–water partition coefficient (Wildman–Crippen LogP) is 2.01. The molecule has 0 saturated heterocycles. The summed E-state index contributed by atoms with van der Waals surface area (Å²) in [5.41, 5.74) is 8.33. The molecule has 2 rings (SSSR count). The standard InChI is InChI=1S/C11H17N5S2/c1-4-8(12)5-9-7(2)15-16(3)10(9)17-11-13-6-14-18-11/h6,8H,4-5,12H2,1-3H3. The van der Waals surface area contributed by atoms with Gasteiger partial charge in [0.2, 0.25) is 0 Å². The highest BCUT2D eigenvalue weighted by atomic mass is 32.2. The zero-order valence-corrected chi connectivity index (χ0v) is 12.4. The average Bonchev–Trinajstić information content (AvgIpc) is 2.93. The van der Waals surface area contributed by atoms with Gasteiger partial charge in [0.15, 0.2) is 4.34 Å². The van der Waals surface area contributed by atoms with Crippen molar-refractivity contribution in [1.82, 2.24) is 19.1 Å². The van der Waals surface area contributed by atoms with E-state index in [1.807, 2.05) is 18.7 Å². The third-order valence-electron chi connectivity index (χ3n) is 2.80. The number of aryl methyl sites for hydroxylation is 2. The van der Waals surface area contributed by atoms with Gasteiger partial charge in [0.05, 0.1) is 5.69 Å².